The maximum atomic E-state index is 13.4. The van der Waals surface area contributed by atoms with Crippen molar-refractivity contribution in [1.82, 2.24) is 9.71 Å². The third kappa shape index (κ3) is 3.58. The maximum Gasteiger partial charge on any atom is 0.241 e. The van der Waals surface area contributed by atoms with E-state index in [4.69, 9.17) is 5.73 Å². The zero-order valence-corrected chi connectivity index (χ0v) is 13.3. The van der Waals surface area contributed by atoms with Gasteiger partial charge in [-0.05, 0) is 31.0 Å². The molecule has 1 aromatic carbocycles. The molecule has 2 rings (SSSR count). The van der Waals surface area contributed by atoms with Crippen LogP contribution < -0.4 is 10.5 Å². The minimum Gasteiger partial charge on any atom is -0.396 e. The molecule has 0 fully saturated rings. The number of hydrogen-bond donors (Lipinski definition) is 2. The summed E-state index contributed by atoms with van der Waals surface area (Å²) in [6.45, 7) is 3.58. The Morgan fingerprint density at radius 3 is 2.71 bits per heavy atom. The van der Waals surface area contributed by atoms with Crippen molar-refractivity contribution in [3.8, 4) is 0 Å². The van der Waals surface area contributed by atoms with E-state index >= 15 is 0 Å². The van der Waals surface area contributed by atoms with Crippen molar-refractivity contribution in [1.29, 1.82) is 0 Å². The fraction of sp³-hybridized carbons (Fsp3) is 0.308. The molecule has 0 unspecified atom stereocenters. The predicted molar refractivity (Wildman–Crippen MR) is 81.1 cm³/mol. The molecule has 0 aliphatic rings. The van der Waals surface area contributed by atoms with Crippen molar-refractivity contribution >= 4 is 27.0 Å². The Morgan fingerprint density at radius 1 is 1.43 bits per heavy atom. The Balaban J connectivity index is 2.18. The highest BCUT2D eigenvalue weighted by Crippen LogP contribution is 2.21. The predicted octanol–water partition coefficient (Wildman–Crippen LogP) is 2.21. The molecule has 8 heteroatoms. The van der Waals surface area contributed by atoms with Gasteiger partial charge in [0.05, 0.1) is 17.1 Å². The van der Waals surface area contributed by atoms with Crippen molar-refractivity contribution in [2.24, 2.45) is 0 Å². The van der Waals surface area contributed by atoms with Gasteiger partial charge in [0.15, 0.2) is 0 Å². The largest absolute Gasteiger partial charge is 0.396 e. The number of nitrogens with one attached hydrogen (secondary N) is 1. The Bertz CT molecular complexity index is 734. The van der Waals surface area contributed by atoms with Crippen molar-refractivity contribution in [3.63, 3.8) is 0 Å². The number of nitrogen functional groups attached to an aromatic ring is 1. The average Bonchev–Trinajstić information content (AvgIpc) is 2.90. The number of aromatic nitrogens is 1. The number of aryl methyl sites for hydroxylation is 2. The van der Waals surface area contributed by atoms with Crippen LogP contribution in [-0.4, -0.2) is 13.4 Å². The van der Waals surface area contributed by atoms with Gasteiger partial charge in [-0.2, -0.15) is 0 Å². The number of halogens is 1. The normalized spacial score (nSPS) is 11.8. The monoisotopic (exact) mass is 329 g/mol. The Kier molecular flexibility index (Phi) is 4.60. The van der Waals surface area contributed by atoms with Crippen LogP contribution >= 0.6 is 11.3 Å². The van der Waals surface area contributed by atoms with Crippen LogP contribution in [0.5, 0.6) is 0 Å². The van der Waals surface area contributed by atoms with E-state index in [1.807, 2.05) is 6.92 Å². The molecule has 0 aliphatic heterocycles. The second-order valence-corrected chi connectivity index (χ2v) is 7.51. The van der Waals surface area contributed by atoms with Gasteiger partial charge in [-0.3, -0.25) is 0 Å². The van der Waals surface area contributed by atoms with E-state index in [1.54, 1.807) is 6.20 Å². The van der Waals surface area contributed by atoms with Crippen LogP contribution in [-0.2, 0) is 23.0 Å². The van der Waals surface area contributed by atoms with E-state index < -0.39 is 15.8 Å². The van der Waals surface area contributed by atoms with Crippen molar-refractivity contribution in [3.05, 3.63) is 39.6 Å². The average molecular weight is 329 g/mol. The number of hydrogen-bond acceptors (Lipinski definition) is 5. The summed E-state index contributed by atoms with van der Waals surface area (Å²) in [5, 5.41) is 0.683. The molecule has 0 aliphatic carbocycles. The zero-order valence-electron chi connectivity index (χ0n) is 11.7. The van der Waals surface area contributed by atoms with Crippen molar-refractivity contribution < 1.29 is 12.8 Å². The van der Waals surface area contributed by atoms with E-state index in [-0.39, 0.29) is 22.7 Å². The van der Waals surface area contributed by atoms with Gasteiger partial charge in [-0.1, -0.05) is 6.92 Å². The smallest absolute Gasteiger partial charge is 0.241 e. The first kappa shape index (κ1) is 15.9. The van der Waals surface area contributed by atoms with Gasteiger partial charge in [0.2, 0.25) is 10.0 Å². The third-order valence-electron chi connectivity index (χ3n) is 2.93. The highest BCUT2D eigenvalue weighted by atomic mass is 32.2. The molecular weight excluding hydrogens is 313 g/mol. The van der Waals surface area contributed by atoms with Crippen LogP contribution in [0.3, 0.4) is 0 Å². The summed E-state index contributed by atoms with van der Waals surface area (Å²) in [7, 11) is -3.75. The van der Waals surface area contributed by atoms with Crippen molar-refractivity contribution in [2.75, 3.05) is 5.73 Å². The Labute approximate surface area is 127 Å². The first-order chi connectivity index (χ1) is 9.83. The van der Waals surface area contributed by atoms with Gasteiger partial charge in [-0.25, -0.2) is 22.5 Å². The first-order valence-electron chi connectivity index (χ1n) is 6.32. The lowest BCUT2D eigenvalue weighted by molar-refractivity contribution is 0.580. The van der Waals surface area contributed by atoms with Gasteiger partial charge >= 0.3 is 0 Å². The molecule has 0 bridgehead atoms. The van der Waals surface area contributed by atoms with Crippen molar-refractivity contribution in [2.45, 2.75) is 31.7 Å². The van der Waals surface area contributed by atoms with Gasteiger partial charge < -0.3 is 5.73 Å². The van der Waals surface area contributed by atoms with E-state index in [9.17, 15) is 12.8 Å². The van der Waals surface area contributed by atoms with Crippen LogP contribution in [0, 0.1) is 12.7 Å². The van der Waals surface area contributed by atoms with E-state index in [0.717, 1.165) is 17.4 Å². The lowest BCUT2D eigenvalue weighted by Gasteiger charge is -2.08. The molecule has 2 aromatic rings. The maximum absolute atomic E-state index is 13.4. The topological polar surface area (TPSA) is 85.1 Å². The molecule has 21 heavy (non-hydrogen) atoms. The van der Waals surface area contributed by atoms with Crippen LogP contribution in [0.1, 0.15) is 22.4 Å². The van der Waals surface area contributed by atoms with E-state index in [2.05, 4.69) is 9.71 Å². The quantitative estimate of drug-likeness (QED) is 0.824. The molecular formula is C13H16FN3O2S2. The third-order valence-corrected chi connectivity index (χ3v) is 5.45. The highest BCUT2D eigenvalue weighted by molar-refractivity contribution is 7.89. The van der Waals surface area contributed by atoms with Gasteiger partial charge in [0, 0.05) is 11.1 Å². The molecule has 1 aromatic heterocycles. The van der Waals surface area contributed by atoms with Crippen LogP contribution in [0.2, 0.25) is 0 Å². The molecule has 114 valence electrons. The molecule has 0 atom stereocenters. The summed E-state index contributed by atoms with van der Waals surface area (Å²) >= 11 is 1.45. The van der Waals surface area contributed by atoms with Gasteiger partial charge in [0.25, 0.3) is 0 Å². The van der Waals surface area contributed by atoms with Gasteiger partial charge in [0.1, 0.15) is 10.8 Å². The molecule has 0 saturated heterocycles. The lowest BCUT2D eigenvalue weighted by Crippen LogP contribution is -2.23. The molecule has 0 saturated carbocycles. The second-order valence-electron chi connectivity index (χ2n) is 4.54. The Morgan fingerprint density at radius 2 is 2.14 bits per heavy atom. The number of sulfonamides is 1. The highest BCUT2D eigenvalue weighted by Gasteiger charge is 2.17. The number of nitrogens with two attached hydrogens (primary N) is 1. The van der Waals surface area contributed by atoms with Crippen LogP contribution in [0.25, 0.3) is 0 Å². The summed E-state index contributed by atoms with van der Waals surface area (Å²) in [6.07, 6.45) is 2.59. The number of anilines is 1. The molecule has 3 N–H and O–H groups in total. The summed E-state index contributed by atoms with van der Waals surface area (Å²) in [5.41, 5.74) is 5.48. The van der Waals surface area contributed by atoms with E-state index in [1.165, 1.54) is 24.3 Å². The summed E-state index contributed by atoms with van der Waals surface area (Å²) in [4.78, 5) is 5.18. The Hall–Kier alpha value is -1.51. The summed E-state index contributed by atoms with van der Waals surface area (Å²) in [6, 6.07) is 2.37. The van der Waals surface area contributed by atoms with Gasteiger partial charge in [-0.15, -0.1) is 11.3 Å². The minimum atomic E-state index is -3.75. The number of benzene rings is 1. The fourth-order valence-corrected chi connectivity index (χ4v) is 3.75. The van der Waals surface area contributed by atoms with Crippen LogP contribution in [0.15, 0.2) is 23.2 Å². The second kappa shape index (κ2) is 6.08. The molecule has 5 nitrogen and oxygen atoms in total. The molecule has 0 spiro atoms. The zero-order chi connectivity index (χ0) is 15.6. The SMILES string of the molecule is CCc1cnc(CNS(=O)(=O)c2cc(C)c(F)c(N)c2)s1. The molecule has 0 radical (unpaired) electrons. The minimum absolute atomic E-state index is 0.0498. The lowest BCUT2D eigenvalue weighted by atomic mass is 10.2. The summed E-state index contributed by atoms with van der Waals surface area (Å²) < 4.78 is 40.3. The number of nitrogens with zero attached hydrogens (tertiary/aromatic N) is 1. The standard InChI is InChI=1S/C13H16FN3O2S2/c1-3-9-6-16-12(20-9)7-17-21(18,19)10-4-8(2)13(14)11(15)5-10/h4-6,17H,3,7,15H2,1-2H3. The molecule has 0 amide bonds. The van der Waals surface area contributed by atoms with E-state index in [0.29, 0.717) is 5.01 Å². The fourth-order valence-electron chi connectivity index (χ4n) is 1.75. The number of rotatable bonds is 5. The molecule has 1 heterocycles. The van der Waals surface area contributed by atoms with Crippen LogP contribution in [0.4, 0.5) is 10.1 Å². The first-order valence-corrected chi connectivity index (χ1v) is 8.62. The number of thiazole rings is 1. The summed E-state index contributed by atoms with van der Waals surface area (Å²) in [5.74, 6) is -0.596.